The Morgan fingerprint density at radius 3 is 2.03 bits per heavy atom. The molecular formula is C23H25F5N2O2. The summed E-state index contributed by atoms with van der Waals surface area (Å²) in [6.07, 6.45) is 1.83. The first kappa shape index (κ1) is 25.4. The number of carbonyl (C=O) groups is 1. The Morgan fingerprint density at radius 1 is 1.06 bits per heavy atom. The number of benzene rings is 1. The molecule has 0 radical (unpaired) electrons. The first-order valence-corrected chi connectivity index (χ1v) is 9.95. The summed E-state index contributed by atoms with van der Waals surface area (Å²) in [6.45, 7) is 10.8. The van der Waals surface area contributed by atoms with Crippen LogP contribution in [0.2, 0.25) is 0 Å². The van der Waals surface area contributed by atoms with Gasteiger partial charge in [-0.25, -0.2) is 27.5 Å². The molecule has 32 heavy (non-hydrogen) atoms. The van der Waals surface area contributed by atoms with E-state index in [2.05, 4.69) is 16.5 Å². The van der Waals surface area contributed by atoms with Crippen LogP contribution in [0.25, 0.3) is 0 Å². The van der Waals surface area contributed by atoms with Crippen molar-refractivity contribution in [2.75, 3.05) is 0 Å². The van der Waals surface area contributed by atoms with Gasteiger partial charge in [-0.05, 0) is 12.3 Å². The van der Waals surface area contributed by atoms with E-state index in [1.807, 2.05) is 0 Å². The number of carbonyl (C=O) groups excluding carboxylic acids is 1. The summed E-state index contributed by atoms with van der Waals surface area (Å²) in [5.74, 6) is -9.96. The van der Waals surface area contributed by atoms with Crippen molar-refractivity contribution in [2.45, 2.75) is 59.0 Å². The molecular weight excluding hydrogens is 431 g/mol. The summed E-state index contributed by atoms with van der Waals surface area (Å²) in [6, 6.07) is 0. The van der Waals surface area contributed by atoms with Crippen molar-refractivity contribution in [2.24, 2.45) is 5.92 Å². The van der Waals surface area contributed by atoms with Crippen molar-refractivity contribution >= 4 is 5.97 Å². The van der Waals surface area contributed by atoms with Gasteiger partial charge in [0.2, 0.25) is 5.95 Å². The van der Waals surface area contributed by atoms with Crippen LogP contribution < -0.4 is 0 Å². The van der Waals surface area contributed by atoms with E-state index in [-0.39, 0.29) is 11.4 Å². The van der Waals surface area contributed by atoms with Crippen LogP contribution in [0.1, 0.15) is 63.1 Å². The Morgan fingerprint density at radius 2 is 1.59 bits per heavy atom. The number of esters is 1. The van der Waals surface area contributed by atoms with E-state index < -0.39 is 76.6 Å². The minimum absolute atomic E-state index is 0.155. The first-order chi connectivity index (χ1) is 14.8. The number of hydrogen-bond acceptors (Lipinski definition) is 4. The Bertz CT molecular complexity index is 1000. The van der Waals surface area contributed by atoms with Crippen molar-refractivity contribution in [3.8, 4) is 0 Å². The summed E-state index contributed by atoms with van der Waals surface area (Å²) >= 11 is 0. The lowest BCUT2D eigenvalue weighted by Gasteiger charge is -2.22. The van der Waals surface area contributed by atoms with Crippen molar-refractivity contribution in [3.05, 3.63) is 70.6 Å². The van der Waals surface area contributed by atoms with Crippen LogP contribution in [0.3, 0.4) is 0 Å². The predicted molar refractivity (Wildman–Crippen MR) is 108 cm³/mol. The maximum Gasteiger partial charge on any atom is 0.314 e. The normalized spacial score (nSPS) is 12.7. The Hall–Kier alpha value is -2.84. The molecule has 0 spiro atoms. The van der Waals surface area contributed by atoms with Crippen LogP contribution in [-0.4, -0.2) is 15.9 Å². The van der Waals surface area contributed by atoms with Crippen LogP contribution in [0.15, 0.2) is 18.9 Å². The molecule has 1 unspecified atom stereocenters. The summed E-state index contributed by atoms with van der Waals surface area (Å²) in [5, 5.41) is 0. The van der Waals surface area contributed by atoms with E-state index in [4.69, 9.17) is 4.74 Å². The lowest BCUT2D eigenvalue weighted by molar-refractivity contribution is -0.148. The molecule has 0 aliphatic rings. The zero-order chi connectivity index (χ0) is 24.4. The molecule has 4 nitrogen and oxygen atoms in total. The molecule has 0 N–H and O–H groups in total. The minimum atomic E-state index is -1.67. The smallest absolute Gasteiger partial charge is 0.314 e. The summed E-state index contributed by atoms with van der Waals surface area (Å²) in [5.41, 5.74) is -2.59. The quantitative estimate of drug-likeness (QED) is 0.177. The lowest BCUT2D eigenvalue weighted by atomic mass is 9.89. The average Bonchev–Trinajstić information content (AvgIpc) is 2.70. The second-order valence-electron chi connectivity index (χ2n) is 8.72. The molecule has 2 rings (SSSR count). The average molecular weight is 456 g/mol. The van der Waals surface area contributed by atoms with E-state index in [9.17, 15) is 26.7 Å². The van der Waals surface area contributed by atoms with Gasteiger partial charge in [0, 0.05) is 22.7 Å². The van der Waals surface area contributed by atoms with E-state index >= 15 is 0 Å². The van der Waals surface area contributed by atoms with Crippen LogP contribution in [0.4, 0.5) is 22.0 Å². The number of aromatic nitrogens is 2. The lowest BCUT2D eigenvalue weighted by Crippen LogP contribution is -2.25. The Balaban J connectivity index is 2.34. The molecule has 0 fully saturated rings. The number of ether oxygens (including phenoxy) is 1. The molecule has 9 heteroatoms. The molecule has 0 aliphatic heterocycles. The molecule has 1 aromatic carbocycles. The molecule has 1 atom stereocenters. The third-order valence-electron chi connectivity index (χ3n) is 4.85. The molecule has 0 saturated carbocycles. The fraction of sp³-hybridized carbons (Fsp3) is 0.435. The number of halogens is 5. The van der Waals surface area contributed by atoms with Crippen molar-refractivity contribution in [1.29, 1.82) is 0 Å². The van der Waals surface area contributed by atoms with Gasteiger partial charge >= 0.3 is 5.97 Å². The number of nitrogens with zero attached hydrogens (tertiary/aromatic N) is 2. The van der Waals surface area contributed by atoms with Gasteiger partial charge in [-0.15, -0.1) is 6.58 Å². The molecule has 1 aromatic heterocycles. The first-order valence-electron chi connectivity index (χ1n) is 9.95. The van der Waals surface area contributed by atoms with Crippen molar-refractivity contribution < 1.29 is 31.5 Å². The van der Waals surface area contributed by atoms with Gasteiger partial charge in [-0.2, -0.15) is 4.39 Å². The van der Waals surface area contributed by atoms with Gasteiger partial charge in [0.15, 0.2) is 23.3 Å². The largest absolute Gasteiger partial charge is 0.460 e. The fourth-order valence-electron chi connectivity index (χ4n) is 3.10. The van der Waals surface area contributed by atoms with Crippen molar-refractivity contribution in [3.63, 3.8) is 0 Å². The van der Waals surface area contributed by atoms with E-state index in [0.717, 1.165) is 6.08 Å². The van der Waals surface area contributed by atoms with Gasteiger partial charge in [-0.1, -0.05) is 40.7 Å². The third kappa shape index (κ3) is 5.14. The predicted octanol–water partition coefficient (Wildman–Crippen LogP) is 5.68. The van der Waals surface area contributed by atoms with Crippen LogP contribution in [0.5, 0.6) is 0 Å². The second-order valence-corrected chi connectivity index (χ2v) is 8.72. The fourth-order valence-corrected chi connectivity index (χ4v) is 3.10. The Labute approximate surface area is 183 Å². The topological polar surface area (TPSA) is 52.1 Å². The SMILES string of the molecule is C=CCc1c(F)c(F)c(COC(=O)C(c2cnc(C(C)(C)C)nc2F)C(C)C)c(F)c1F. The number of allylic oxidation sites excluding steroid dienone is 1. The standard InChI is InChI=1S/C23H25F5N2O2/c1-7-8-12-16(24)18(26)14(19(27)17(12)25)10-32-21(31)15(11(2)3)13-9-29-22(23(4,5)6)30-20(13)28/h7,9,11,15H,1,8,10H2,2-6H3. The monoisotopic (exact) mass is 456 g/mol. The van der Waals surface area contributed by atoms with Crippen molar-refractivity contribution in [1.82, 2.24) is 9.97 Å². The molecule has 0 aliphatic carbocycles. The van der Waals surface area contributed by atoms with Gasteiger partial charge in [0.1, 0.15) is 12.4 Å². The van der Waals surface area contributed by atoms with Crippen LogP contribution >= 0.6 is 0 Å². The molecule has 0 saturated heterocycles. The van der Waals surface area contributed by atoms with Gasteiger partial charge in [-0.3, -0.25) is 4.79 Å². The summed E-state index contributed by atoms with van der Waals surface area (Å²) in [7, 11) is 0. The maximum absolute atomic E-state index is 14.7. The third-order valence-corrected chi connectivity index (χ3v) is 4.85. The second kappa shape index (κ2) is 9.75. The zero-order valence-electron chi connectivity index (χ0n) is 18.5. The minimum Gasteiger partial charge on any atom is -0.460 e. The molecule has 0 bridgehead atoms. The Kier molecular flexibility index (Phi) is 7.74. The van der Waals surface area contributed by atoms with Crippen LogP contribution in [0, 0.1) is 35.1 Å². The van der Waals surface area contributed by atoms with E-state index in [0.29, 0.717) is 0 Å². The molecule has 0 amide bonds. The zero-order valence-corrected chi connectivity index (χ0v) is 18.5. The van der Waals surface area contributed by atoms with E-state index in [1.165, 1.54) is 6.20 Å². The molecule has 174 valence electrons. The van der Waals surface area contributed by atoms with Gasteiger partial charge in [0.05, 0.1) is 11.5 Å². The summed E-state index contributed by atoms with van der Waals surface area (Å²) in [4.78, 5) is 20.6. The number of rotatable bonds is 7. The highest BCUT2D eigenvalue weighted by Gasteiger charge is 2.32. The maximum atomic E-state index is 14.7. The highest BCUT2D eigenvalue weighted by atomic mass is 19.2. The summed E-state index contributed by atoms with van der Waals surface area (Å²) < 4.78 is 76.4. The van der Waals surface area contributed by atoms with Crippen LogP contribution in [-0.2, 0) is 28.0 Å². The molecule has 1 heterocycles. The van der Waals surface area contributed by atoms with Gasteiger partial charge < -0.3 is 4.74 Å². The highest BCUT2D eigenvalue weighted by molar-refractivity contribution is 5.78. The van der Waals surface area contributed by atoms with Gasteiger partial charge in [0.25, 0.3) is 0 Å². The number of hydrogen-bond donors (Lipinski definition) is 0. The highest BCUT2D eigenvalue weighted by Crippen LogP contribution is 2.30. The molecule has 2 aromatic rings. The van der Waals surface area contributed by atoms with E-state index in [1.54, 1.807) is 34.6 Å².